The van der Waals surface area contributed by atoms with E-state index < -0.39 is 11.6 Å². The van der Waals surface area contributed by atoms with Crippen LogP contribution in [0.4, 0.5) is 0 Å². The average molecular weight is 263 g/mol. The lowest BCUT2D eigenvalue weighted by Crippen LogP contribution is -2.15. The number of ketones is 2. The van der Waals surface area contributed by atoms with E-state index in [-0.39, 0.29) is 5.31 Å². The summed E-state index contributed by atoms with van der Waals surface area (Å²) in [6.45, 7) is 4.01. The second-order valence-electron chi connectivity index (χ2n) is 4.99. The van der Waals surface area contributed by atoms with Crippen molar-refractivity contribution in [2.75, 3.05) is 0 Å². The maximum absolute atomic E-state index is 12.2. The minimum Gasteiger partial charge on any atom is -0.285 e. The summed E-state index contributed by atoms with van der Waals surface area (Å²) in [5.74, 6) is -0.948. The fraction of sp³-hybridized carbons (Fsp3) is 0.176. The first-order valence-corrected chi connectivity index (χ1v) is 6.59. The van der Waals surface area contributed by atoms with E-state index in [1.807, 2.05) is 45.3 Å². The molecule has 0 N–H and O–H groups in total. The first-order chi connectivity index (χ1) is 9.56. The van der Waals surface area contributed by atoms with E-state index >= 15 is 0 Å². The summed E-state index contributed by atoms with van der Waals surface area (Å²) in [6, 6.07) is 8.63. The maximum Gasteiger partial charge on any atom is 0.233 e. The van der Waals surface area contributed by atoms with Crippen LogP contribution < -0.4 is 0 Å². The Kier molecular flexibility index (Phi) is 4.18. The first kappa shape index (κ1) is 14.3. The number of rotatable bonds is 4. The van der Waals surface area contributed by atoms with Gasteiger partial charge < -0.3 is 0 Å². The molecule has 0 bridgehead atoms. The molecule has 0 heterocycles. The van der Waals surface area contributed by atoms with Gasteiger partial charge in [0.25, 0.3) is 0 Å². The summed E-state index contributed by atoms with van der Waals surface area (Å²) in [7, 11) is 2.04. The lowest BCUT2D eigenvalue weighted by Gasteiger charge is -2.17. The molecular weight excluding hydrogens is 247 g/mol. The van der Waals surface area contributed by atoms with Crippen molar-refractivity contribution in [1.29, 1.82) is 0 Å². The van der Waals surface area contributed by atoms with Crippen molar-refractivity contribution in [2.45, 2.75) is 19.1 Å². The molecule has 1 radical (unpaired) electrons. The second-order valence-corrected chi connectivity index (χ2v) is 4.99. The van der Waals surface area contributed by atoms with E-state index in [4.69, 9.17) is 0 Å². The predicted octanol–water partition coefficient (Wildman–Crippen LogP) is 3.42. The molecule has 20 heavy (non-hydrogen) atoms. The van der Waals surface area contributed by atoms with Gasteiger partial charge in [0.15, 0.2) is 0 Å². The Morgan fingerprint density at radius 1 is 1.05 bits per heavy atom. The van der Waals surface area contributed by atoms with Gasteiger partial charge >= 0.3 is 0 Å². The smallest absolute Gasteiger partial charge is 0.233 e. The zero-order valence-electron chi connectivity index (χ0n) is 11.7. The lowest BCUT2D eigenvalue weighted by molar-refractivity contribution is -0.111. The van der Waals surface area contributed by atoms with E-state index in [9.17, 15) is 9.59 Å². The fourth-order valence-electron chi connectivity index (χ4n) is 1.94. The number of carbonyl (C=O) groups excluding carboxylic acids is 2. The lowest BCUT2D eigenvalue weighted by atomic mass is 9.55. The van der Waals surface area contributed by atoms with Crippen molar-refractivity contribution in [1.82, 2.24) is 0 Å². The van der Waals surface area contributed by atoms with Gasteiger partial charge in [0.05, 0.1) is 0 Å². The molecule has 0 spiro atoms. The van der Waals surface area contributed by atoms with Gasteiger partial charge in [0.1, 0.15) is 7.28 Å². The highest BCUT2D eigenvalue weighted by molar-refractivity contribution is 6.49. The van der Waals surface area contributed by atoms with Gasteiger partial charge in [-0.05, 0) is 5.31 Å². The summed E-state index contributed by atoms with van der Waals surface area (Å²) in [6.07, 6.45) is 9.17. The van der Waals surface area contributed by atoms with Crippen LogP contribution in [0.25, 0.3) is 0 Å². The van der Waals surface area contributed by atoms with Crippen molar-refractivity contribution in [2.24, 2.45) is 0 Å². The molecule has 1 aliphatic carbocycles. The predicted molar refractivity (Wildman–Crippen MR) is 82.1 cm³/mol. The van der Waals surface area contributed by atoms with E-state index in [0.29, 0.717) is 11.1 Å². The molecule has 2 rings (SSSR count). The Balaban J connectivity index is 2.23. The second kappa shape index (κ2) is 5.87. The zero-order valence-corrected chi connectivity index (χ0v) is 11.7. The van der Waals surface area contributed by atoms with Crippen LogP contribution in [-0.2, 0) is 4.79 Å². The third-order valence-corrected chi connectivity index (χ3v) is 3.48. The molecule has 1 atom stereocenters. The Morgan fingerprint density at radius 3 is 2.40 bits per heavy atom. The molecule has 1 aromatic carbocycles. The number of allylic oxidation sites excluding steroid dienone is 6. The van der Waals surface area contributed by atoms with Crippen LogP contribution >= 0.6 is 0 Å². The highest BCUT2D eigenvalue weighted by Gasteiger charge is 2.22. The molecule has 0 saturated carbocycles. The van der Waals surface area contributed by atoms with Crippen LogP contribution in [0.5, 0.6) is 0 Å². The van der Waals surface area contributed by atoms with Gasteiger partial charge in [-0.2, -0.15) is 0 Å². The standard InChI is InChI=1S/C17H16BO2/c1-17(18-2)11-6-9-14(10-12-17)16(20)15(19)13-7-4-3-5-8-13/h3-12H,1-2H3. The topological polar surface area (TPSA) is 34.1 Å². The van der Waals surface area contributed by atoms with Crippen molar-refractivity contribution in [3.8, 4) is 0 Å². The third-order valence-electron chi connectivity index (χ3n) is 3.48. The first-order valence-electron chi connectivity index (χ1n) is 6.59. The molecule has 3 heteroatoms. The van der Waals surface area contributed by atoms with Crippen molar-refractivity contribution in [3.63, 3.8) is 0 Å². The van der Waals surface area contributed by atoms with E-state index in [2.05, 4.69) is 0 Å². The van der Waals surface area contributed by atoms with Gasteiger partial charge in [0, 0.05) is 11.1 Å². The average Bonchev–Trinajstić information content (AvgIpc) is 2.69. The fourth-order valence-corrected chi connectivity index (χ4v) is 1.94. The van der Waals surface area contributed by atoms with E-state index in [1.54, 1.807) is 36.4 Å². The van der Waals surface area contributed by atoms with Crippen molar-refractivity contribution in [3.05, 3.63) is 71.8 Å². The highest BCUT2D eigenvalue weighted by Crippen LogP contribution is 2.30. The Morgan fingerprint density at radius 2 is 1.75 bits per heavy atom. The summed E-state index contributed by atoms with van der Waals surface area (Å²) < 4.78 is 0. The molecule has 0 amide bonds. The van der Waals surface area contributed by atoms with Gasteiger partial charge in [-0.25, -0.2) is 0 Å². The Bertz CT molecular complexity index is 611. The van der Waals surface area contributed by atoms with Crippen molar-refractivity contribution >= 4 is 18.8 Å². The summed E-state index contributed by atoms with van der Waals surface area (Å²) >= 11 is 0. The minimum absolute atomic E-state index is 0.186. The molecule has 1 aliphatic rings. The van der Waals surface area contributed by atoms with Crippen molar-refractivity contribution < 1.29 is 9.59 Å². The van der Waals surface area contributed by atoms with Crippen LogP contribution in [0.3, 0.4) is 0 Å². The highest BCUT2D eigenvalue weighted by atomic mass is 16.2. The number of hydrogen-bond donors (Lipinski definition) is 0. The molecule has 0 aliphatic heterocycles. The van der Waals surface area contributed by atoms with E-state index in [0.717, 1.165) is 0 Å². The molecule has 99 valence electrons. The molecule has 0 fully saturated rings. The largest absolute Gasteiger partial charge is 0.285 e. The number of Topliss-reactive ketones (excluding diaryl/α,β-unsaturated/α-hetero) is 2. The normalized spacial score (nSPS) is 21.0. The van der Waals surface area contributed by atoms with Gasteiger partial charge in [0.2, 0.25) is 11.6 Å². The summed E-state index contributed by atoms with van der Waals surface area (Å²) in [5, 5.41) is -0.186. The van der Waals surface area contributed by atoms with Crippen LogP contribution in [0, 0.1) is 0 Å². The SMILES string of the molecule is C[B]C1(C)C=CC=C(C(=O)C(=O)c2ccccc2)C=C1. The van der Waals surface area contributed by atoms with Gasteiger partial charge in [-0.3, -0.25) is 9.59 Å². The number of hydrogen-bond acceptors (Lipinski definition) is 2. The monoisotopic (exact) mass is 263 g/mol. The quantitative estimate of drug-likeness (QED) is 0.474. The Labute approximate surface area is 120 Å². The molecule has 1 unspecified atom stereocenters. The maximum atomic E-state index is 12.2. The summed E-state index contributed by atoms with van der Waals surface area (Å²) in [5.41, 5.74) is 0.838. The molecule has 1 aromatic rings. The third kappa shape index (κ3) is 3.05. The zero-order chi connectivity index (χ0) is 14.6. The van der Waals surface area contributed by atoms with Crippen LogP contribution in [0.2, 0.25) is 12.1 Å². The minimum atomic E-state index is -0.475. The Hall–Kier alpha value is -2.16. The molecule has 0 saturated heterocycles. The van der Waals surface area contributed by atoms with Crippen LogP contribution in [-0.4, -0.2) is 18.8 Å². The van der Waals surface area contributed by atoms with Crippen LogP contribution in [0.1, 0.15) is 17.3 Å². The molecule has 2 nitrogen and oxygen atoms in total. The van der Waals surface area contributed by atoms with Gasteiger partial charge in [-0.1, -0.05) is 74.5 Å². The number of carbonyl (C=O) groups is 2. The number of benzene rings is 1. The van der Waals surface area contributed by atoms with E-state index in [1.165, 1.54) is 0 Å². The van der Waals surface area contributed by atoms with Crippen LogP contribution in [0.15, 0.2) is 66.3 Å². The van der Waals surface area contributed by atoms with Gasteiger partial charge in [-0.15, -0.1) is 0 Å². The summed E-state index contributed by atoms with van der Waals surface area (Å²) in [4.78, 5) is 24.4. The molecule has 0 aromatic heterocycles. The molecular formula is C17H16BO2.